The SMILES string of the molecule is CC(C)CC(F)(F)c1ccc(N2CCNCC2)cc1. The monoisotopic (exact) mass is 268 g/mol. The molecule has 2 nitrogen and oxygen atoms in total. The predicted octanol–water partition coefficient (Wildman–Crippen LogP) is 3.23. The normalized spacial score (nSPS) is 17.0. The van der Waals surface area contributed by atoms with Crippen molar-refractivity contribution in [3.8, 4) is 0 Å². The first kappa shape index (κ1) is 14.3. The van der Waals surface area contributed by atoms with Crippen LogP contribution in [0.5, 0.6) is 0 Å². The second-order valence-electron chi connectivity index (χ2n) is 5.59. The van der Waals surface area contributed by atoms with Crippen LogP contribution in [0.15, 0.2) is 24.3 Å². The van der Waals surface area contributed by atoms with Crippen LogP contribution in [0.3, 0.4) is 0 Å². The van der Waals surface area contributed by atoms with Gasteiger partial charge in [0.25, 0.3) is 5.92 Å². The lowest BCUT2D eigenvalue weighted by Crippen LogP contribution is -2.43. The van der Waals surface area contributed by atoms with E-state index in [0.29, 0.717) is 0 Å². The van der Waals surface area contributed by atoms with Gasteiger partial charge in [-0.2, -0.15) is 0 Å². The Morgan fingerprint density at radius 2 is 1.74 bits per heavy atom. The van der Waals surface area contributed by atoms with Gasteiger partial charge in [-0.25, -0.2) is 8.78 Å². The fraction of sp³-hybridized carbons (Fsp3) is 0.600. The third kappa shape index (κ3) is 3.66. The van der Waals surface area contributed by atoms with Gasteiger partial charge in [-0.15, -0.1) is 0 Å². The van der Waals surface area contributed by atoms with E-state index in [0.717, 1.165) is 31.9 Å². The first-order valence-corrected chi connectivity index (χ1v) is 6.93. The van der Waals surface area contributed by atoms with Crippen LogP contribution in [0.25, 0.3) is 0 Å². The Bertz CT molecular complexity index is 395. The molecule has 1 N–H and O–H groups in total. The molecule has 0 amide bonds. The maximum atomic E-state index is 14.0. The zero-order chi connectivity index (χ0) is 13.9. The van der Waals surface area contributed by atoms with Crippen molar-refractivity contribution in [2.75, 3.05) is 31.1 Å². The van der Waals surface area contributed by atoms with E-state index in [2.05, 4.69) is 10.2 Å². The van der Waals surface area contributed by atoms with Crippen molar-refractivity contribution in [2.24, 2.45) is 5.92 Å². The Hall–Kier alpha value is -1.16. The average Bonchev–Trinajstić information content (AvgIpc) is 2.38. The van der Waals surface area contributed by atoms with Crippen LogP contribution >= 0.6 is 0 Å². The smallest absolute Gasteiger partial charge is 0.273 e. The molecule has 1 aromatic rings. The maximum Gasteiger partial charge on any atom is 0.273 e. The highest BCUT2D eigenvalue weighted by molar-refractivity contribution is 5.48. The number of nitrogens with one attached hydrogen (secondary N) is 1. The lowest BCUT2D eigenvalue weighted by atomic mass is 9.98. The van der Waals surface area contributed by atoms with Crippen LogP contribution in [0, 0.1) is 5.92 Å². The number of hydrogen-bond acceptors (Lipinski definition) is 2. The molecule has 0 aromatic heterocycles. The van der Waals surface area contributed by atoms with E-state index < -0.39 is 5.92 Å². The van der Waals surface area contributed by atoms with Gasteiger partial charge in [-0.1, -0.05) is 26.0 Å². The molecule has 0 aliphatic carbocycles. The van der Waals surface area contributed by atoms with Gasteiger partial charge in [0.2, 0.25) is 0 Å². The number of halogens is 2. The number of alkyl halides is 2. The minimum atomic E-state index is -2.73. The van der Waals surface area contributed by atoms with Gasteiger partial charge in [-0.3, -0.25) is 0 Å². The number of piperazine rings is 1. The molecule has 1 aromatic carbocycles. The fourth-order valence-electron chi connectivity index (χ4n) is 2.47. The number of benzene rings is 1. The molecule has 106 valence electrons. The molecule has 0 atom stereocenters. The maximum absolute atomic E-state index is 14.0. The summed E-state index contributed by atoms with van der Waals surface area (Å²) in [6, 6.07) is 6.77. The molecule has 1 aliphatic heterocycles. The van der Waals surface area contributed by atoms with E-state index in [-0.39, 0.29) is 17.9 Å². The van der Waals surface area contributed by atoms with E-state index in [1.54, 1.807) is 12.1 Å². The van der Waals surface area contributed by atoms with Gasteiger partial charge in [0.15, 0.2) is 0 Å². The van der Waals surface area contributed by atoms with Gasteiger partial charge < -0.3 is 10.2 Å². The zero-order valence-corrected chi connectivity index (χ0v) is 11.6. The predicted molar refractivity (Wildman–Crippen MR) is 74.9 cm³/mol. The molecule has 0 saturated carbocycles. The molecule has 0 bridgehead atoms. The second kappa shape index (κ2) is 5.87. The minimum absolute atomic E-state index is 0.0113. The molecule has 0 radical (unpaired) electrons. The topological polar surface area (TPSA) is 15.3 Å². The molecular formula is C15H22F2N2. The largest absolute Gasteiger partial charge is 0.369 e. The third-order valence-corrected chi connectivity index (χ3v) is 3.44. The Balaban J connectivity index is 2.09. The highest BCUT2D eigenvalue weighted by Crippen LogP contribution is 2.35. The molecule has 0 unspecified atom stereocenters. The Labute approximate surface area is 113 Å². The van der Waals surface area contributed by atoms with Gasteiger partial charge >= 0.3 is 0 Å². The highest BCUT2D eigenvalue weighted by atomic mass is 19.3. The summed E-state index contributed by atoms with van der Waals surface area (Å²) in [5, 5.41) is 3.28. The molecule has 1 heterocycles. The first-order valence-electron chi connectivity index (χ1n) is 6.93. The minimum Gasteiger partial charge on any atom is -0.369 e. The summed E-state index contributed by atoms with van der Waals surface area (Å²) in [6.45, 7) is 7.41. The van der Waals surface area contributed by atoms with Crippen LogP contribution in [0.1, 0.15) is 25.8 Å². The van der Waals surface area contributed by atoms with Crippen LogP contribution in [-0.4, -0.2) is 26.2 Å². The molecular weight excluding hydrogens is 246 g/mol. The zero-order valence-electron chi connectivity index (χ0n) is 11.6. The second-order valence-corrected chi connectivity index (χ2v) is 5.59. The number of nitrogens with zero attached hydrogens (tertiary/aromatic N) is 1. The summed E-state index contributed by atoms with van der Waals surface area (Å²) >= 11 is 0. The molecule has 4 heteroatoms. The van der Waals surface area contributed by atoms with Crippen molar-refractivity contribution in [2.45, 2.75) is 26.2 Å². The summed E-state index contributed by atoms with van der Waals surface area (Å²) < 4.78 is 27.9. The highest BCUT2D eigenvalue weighted by Gasteiger charge is 2.32. The third-order valence-electron chi connectivity index (χ3n) is 3.44. The summed E-state index contributed by atoms with van der Waals surface area (Å²) in [4.78, 5) is 2.22. The lowest BCUT2D eigenvalue weighted by Gasteiger charge is -2.30. The number of hydrogen-bond donors (Lipinski definition) is 1. The molecule has 1 saturated heterocycles. The summed E-state index contributed by atoms with van der Waals surface area (Å²) in [6.07, 6.45) is -0.0972. The fourth-order valence-corrected chi connectivity index (χ4v) is 2.47. The van der Waals surface area contributed by atoms with Crippen molar-refractivity contribution in [1.82, 2.24) is 5.32 Å². The lowest BCUT2D eigenvalue weighted by molar-refractivity contribution is -0.0249. The molecule has 1 aliphatic rings. The van der Waals surface area contributed by atoms with E-state index in [4.69, 9.17) is 0 Å². The van der Waals surface area contributed by atoms with Gasteiger partial charge in [-0.05, 0) is 18.1 Å². The van der Waals surface area contributed by atoms with E-state index in [1.165, 1.54) is 0 Å². The Morgan fingerprint density at radius 1 is 1.16 bits per heavy atom. The Morgan fingerprint density at radius 3 is 2.26 bits per heavy atom. The van der Waals surface area contributed by atoms with Crippen molar-refractivity contribution in [3.05, 3.63) is 29.8 Å². The van der Waals surface area contributed by atoms with Gasteiger partial charge in [0, 0.05) is 43.9 Å². The van der Waals surface area contributed by atoms with Crippen LogP contribution < -0.4 is 10.2 Å². The van der Waals surface area contributed by atoms with E-state index in [9.17, 15) is 8.78 Å². The standard InChI is InChI=1S/C15H22F2N2/c1-12(2)11-15(16,17)13-3-5-14(6-4-13)19-9-7-18-8-10-19/h3-6,12,18H,7-11H2,1-2H3. The average molecular weight is 268 g/mol. The van der Waals surface area contributed by atoms with Crippen molar-refractivity contribution >= 4 is 5.69 Å². The summed E-state index contributed by atoms with van der Waals surface area (Å²) in [5.74, 6) is -2.74. The van der Waals surface area contributed by atoms with Crippen LogP contribution in [0.4, 0.5) is 14.5 Å². The van der Waals surface area contributed by atoms with Gasteiger partial charge in [0.05, 0.1) is 0 Å². The number of anilines is 1. The van der Waals surface area contributed by atoms with Crippen LogP contribution in [0.2, 0.25) is 0 Å². The molecule has 0 spiro atoms. The Kier molecular flexibility index (Phi) is 4.40. The van der Waals surface area contributed by atoms with Crippen molar-refractivity contribution in [3.63, 3.8) is 0 Å². The van der Waals surface area contributed by atoms with Crippen molar-refractivity contribution in [1.29, 1.82) is 0 Å². The first-order chi connectivity index (χ1) is 8.99. The quantitative estimate of drug-likeness (QED) is 0.902. The van der Waals surface area contributed by atoms with Crippen molar-refractivity contribution < 1.29 is 8.78 Å². The van der Waals surface area contributed by atoms with Crippen LogP contribution in [-0.2, 0) is 5.92 Å². The molecule has 1 fully saturated rings. The molecule has 19 heavy (non-hydrogen) atoms. The van der Waals surface area contributed by atoms with Gasteiger partial charge in [0.1, 0.15) is 0 Å². The van der Waals surface area contributed by atoms with E-state index in [1.807, 2.05) is 26.0 Å². The molecule has 2 rings (SSSR count). The summed E-state index contributed by atoms with van der Waals surface area (Å²) in [7, 11) is 0. The number of rotatable bonds is 4. The summed E-state index contributed by atoms with van der Waals surface area (Å²) in [5.41, 5.74) is 1.16. The van der Waals surface area contributed by atoms with E-state index >= 15 is 0 Å².